The highest BCUT2D eigenvalue weighted by Gasteiger charge is 2.22. The van der Waals surface area contributed by atoms with Crippen molar-refractivity contribution in [1.82, 2.24) is 15.0 Å². The van der Waals surface area contributed by atoms with Crippen LogP contribution < -0.4 is 5.32 Å². The van der Waals surface area contributed by atoms with Crippen LogP contribution in [0.5, 0.6) is 0 Å². The van der Waals surface area contributed by atoms with Crippen molar-refractivity contribution in [1.29, 1.82) is 0 Å². The molecule has 32 heavy (non-hydrogen) atoms. The zero-order chi connectivity index (χ0) is 22.7. The van der Waals surface area contributed by atoms with E-state index in [1.54, 1.807) is 55.8 Å². The predicted molar refractivity (Wildman–Crippen MR) is 117 cm³/mol. The van der Waals surface area contributed by atoms with E-state index in [9.17, 15) is 17.2 Å². The van der Waals surface area contributed by atoms with Gasteiger partial charge in [-0.3, -0.25) is 4.98 Å². The van der Waals surface area contributed by atoms with Gasteiger partial charge in [-0.1, -0.05) is 6.07 Å². The monoisotopic (exact) mass is 452 g/mol. The Kier molecular flexibility index (Phi) is 5.91. The number of pyridine rings is 3. The van der Waals surface area contributed by atoms with Crippen LogP contribution in [-0.2, 0) is 15.6 Å². The van der Waals surface area contributed by atoms with Gasteiger partial charge in [0.2, 0.25) is 0 Å². The zero-order valence-electron chi connectivity index (χ0n) is 17.0. The number of hydrogen-bond donors (Lipinski definition) is 1. The summed E-state index contributed by atoms with van der Waals surface area (Å²) in [5.74, 6) is -1.23. The van der Waals surface area contributed by atoms with Gasteiger partial charge in [-0.2, -0.15) is 0 Å². The van der Waals surface area contributed by atoms with E-state index in [2.05, 4.69) is 20.3 Å². The number of hydrogen-bond acceptors (Lipinski definition) is 6. The van der Waals surface area contributed by atoms with Gasteiger partial charge in [0.05, 0.1) is 5.75 Å². The molecule has 0 amide bonds. The summed E-state index contributed by atoms with van der Waals surface area (Å²) in [5, 5.41) is 3.10. The summed E-state index contributed by atoms with van der Waals surface area (Å²) in [7, 11) is -4.05. The van der Waals surface area contributed by atoms with Gasteiger partial charge in [-0.25, -0.2) is 27.2 Å². The number of rotatable bonds is 6. The Hall–Kier alpha value is -3.72. The van der Waals surface area contributed by atoms with Crippen molar-refractivity contribution >= 4 is 21.5 Å². The van der Waals surface area contributed by atoms with Crippen molar-refractivity contribution in [3.8, 4) is 11.1 Å². The number of aryl methyl sites for hydroxylation is 1. The van der Waals surface area contributed by atoms with Gasteiger partial charge in [0.15, 0.2) is 9.84 Å². The van der Waals surface area contributed by atoms with Gasteiger partial charge in [0.1, 0.15) is 28.2 Å². The molecule has 3 aromatic heterocycles. The van der Waals surface area contributed by atoms with E-state index in [0.717, 1.165) is 17.7 Å². The quantitative estimate of drug-likeness (QED) is 0.421. The minimum Gasteiger partial charge on any atom is -0.325 e. The van der Waals surface area contributed by atoms with Crippen molar-refractivity contribution in [3.63, 3.8) is 0 Å². The van der Waals surface area contributed by atoms with Crippen LogP contribution in [0.25, 0.3) is 11.1 Å². The lowest BCUT2D eigenvalue weighted by molar-refractivity contribution is 0.548. The van der Waals surface area contributed by atoms with Crippen LogP contribution >= 0.6 is 0 Å². The summed E-state index contributed by atoms with van der Waals surface area (Å²) in [6.07, 6.45) is 4.90. The van der Waals surface area contributed by atoms with Gasteiger partial charge in [0.25, 0.3) is 0 Å². The molecule has 9 heteroatoms. The van der Waals surface area contributed by atoms with Gasteiger partial charge in [-0.05, 0) is 60.5 Å². The Morgan fingerprint density at radius 2 is 1.69 bits per heavy atom. The molecule has 4 aromatic rings. The van der Waals surface area contributed by atoms with Crippen molar-refractivity contribution < 1.29 is 17.2 Å². The van der Waals surface area contributed by atoms with E-state index in [1.165, 1.54) is 0 Å². The lowest BCUT2D eigenvalue weighted by atomic mass is 10.1. The van der Waals surface area contributed by atoms with E-state index in [1.807, 2.05) is 6.07 Å². The lowest BCUT2D eigenvalue weighted by Gasteiger charge is -2.11. The molecule has 0 fully saturated rings. The molecular formula is C23H18F2N4O2S. The molecule has 0 radical (unpaired) electrons. The molecule has 0 atom stereocenters. The molecule has 0 aliphatic carbocycles. The molecule has 0 saturated heterocycles. The highest BCUT2D eigenvalue weighted by Crippen LogP contribution is 2.27. The Balaban J connectivity index is 1.64. The fraction of sp³-hybridized carbons (Fsp3) is 0.0870. The minimum absolute atomic E-state index is 0.419. The lowest BCUT2D eigenvalue weighted by Crippen LogP contribution is -2.09. The molecule has 6 nitrogen and oxygen atoms in total. The number of sulfone groups is 1. The Labute approximate surface area is 183 Å². The zero-order valence-corrected chi connectivity index (χ0v) is 17.8. The molecule has 0 unspecified atom stereocenters. The molecule has 162 valence electrons. The summed E-state index contributed by atoms with van der Waals surface area (Å²) in [4.78, 5) is 12.2. The van der Waals surface area contributed by atoms with Crippen molar-refractivity contribution in [2.24, 2.45) is 0 Å². The maximum atomic E-state index is 14.1. The van der Waals surface area contributed by atoms with Crippen molar-refractivity contribution in [2.45, 2.75) is 17.6 Å². The van der Waals surface area contributed by atoms with E-state index in [-0.39, 0.29) is 0 Å². The molecule has 3 heterocycles. The summed E-state index contributed by atoms with van der Waals surface area (Å²) in [5.41, 5.74) is 2.35. The molecule has 0 saturated carbocycles. The van der Waals surface area contributed by atoms with Crippen LogP contribution in [0.15, 0.2) is 78.1 Å². The number of anilines is 2. The van der Waals surface area contributed by atoms with Gasteiger partial charge in [0, 0.05) is 35.9 Å². The first kappa shape index (κ1) is 21.5. The van der Waals surface area contributed by atoms with Gasteiger partial charge >= 0.3 is 0 Å². The first-order valence-electron chi connectivity index (χ1n) is 9.60. The fourth-order valence-corrected chi connectivity index (χ4v) is 4.63. The summed E-state index contributed by atoms with van der Waals surface area (Å²) < 4.78 is 52.8. The molecular weight excluding hydrogens is 434 g/mol. The summed E-state index contributed by atoms with van der Waals surface area (Å²) in [6.45, 7) is 1.68. The van der Waals surface area contributed by atoms with Crippen LogP contribution in [0, 0.1) is 18.6 Å². The Morgan fingerprint density at radius 1 is 0.875 bits per heavy atom. The maximum absolute atomic E-state index is 14.1. The van der Waals surface area contributed by atoms with Crippen LogP contribution in [0.3, 0.4) is 0 Å². The van der Waals surface area contributed by atoms with E-state index >= 15 is 0 Å². The molecule has 0 spiro atoms. The number of aromatic nitrogens is 3. The molecule has 0 aliphatic rings. The molecule has 0 bridgehead atoms. The number of nitrogens with zero attached hydrogens (tertiary/aromatic N) is 3. The normalized spacial score (nSPS) is 11.3. The molecule has 1 aromatic carbocycles. The topological polar surface area (TPSA) is 84.8 Å². The number of benzene rings is 1. The number of nitrogens with one attached hydrogen (secondary N) is 1. The first-order chi connectivity index (χ1) is 15.3. The van der Waals surface area contributed by atoms with Crippen LogP contribution in [0.4, 0.5) is 20.4 Å². The van der Waals surface area contributed by atoms with E-state index < -0.39 is 32.1 Å². The Morgan fingerprint density at radius 3 is 2.44 bits per heavy atom. The largest absolute Gasteiger partial charge is 0.325 e. The number of halogens is 2. The van der Waals surface area contributed by atoms with Crippen LogP contribution in [0.2, 0.25) is 0 Å². The molecule has 0 aliphatic heterocycles. The van der Waals surface area contributed by atoms with E-state index in [0.29, 0.717) is 34.5 Å². The third kappa shape index (κ3) is 4.78. The second-order valence-electron chi connectivity index (χ2n) is 7.07. The van der Waals surface area contributed by atoms with Gasteiger partial charge in [-0.15, -0.1) is 0 Å². The minimum atomic E-state index is -4.05. The fourth-order valence-electron chi connectivity index (χ4n) is 3.14. The van der Waals surface area contributed by atoms with Gasteiger partial charge < -0.3 is 5.32 Å². The second kappa shape index (κ2) is 8.80. The maximum Gasteiger partial charge on any atom is 0.185 e. The van der Waals surface area contributed by atoms with E-state index in [4.69, 9.17) is 0 Å². The van der Waals surface area contributed by atoms with Crippen molar-refractivity contribution in [3.05, 3.63) is 96.1 Å². The standard InChI is InChI=1S/C23H18F2N4O2S/c1-15-18(14-32(30,31)21-6-5-19(24)12-20(21)25)10-17(13-28-15)16-7-9-27-23(11-16)29-22-4-2-3-8-26-22/h2-13H,14H2,1H3,(H,26,27,29). The average molecular weight is 452 g/mol. The summed E-state index contributed by atoms with van der Waals surface area (Å²) in [6, 6.07) is 13.1. The Bertz CT molecular complexity index is 1380. The smallest absolute Gasteiger partial charge is 0.185 e. The van der Waals surface area contributed by atoms with Crippen LogP contribution in [-0.4, -0.2) is 23.4 Å². The second-order valence-corrected chi connectivity index (χ2v) is 9.03. The van der Waals surface area contributed by atoms with Crippen LogP contribution in [0.1, 0.15) is 11.3 Å². The van der Waals surface area contributed by atoms with Crippen molar-refractivity contribution in [2.75, 3.05) is 5.32 Å². The highest BCUT2D eigenvalue weighted by atomic mass is 32.2. The first-order valence-corrected chi connectivity index (χ1v) is 11.2. The third-order valence-electron chi connectivity index (χ3n) is 4.78. The highest BCUT2D eigenvalue weighted by molar-refractivity contribution is 7.90. The third-order valence-corrected chi connectivity index (χ3v) is 6.47. The molecule has 4 rings (SSSR count). The summed E-state index contributed by atoms with van der Waals surface area (Å²) >= 11 is 0. The average Bonchev–Trinajstić information content (AvgIpc) is 2.76. The molecule has 1 N–H and O–H groups in total. The predicted octanol–water partition coefficient (Wildman–Crippen LogP) is 4.84. The SMILES string of the molecule is Cc1ncc(-c2ccnc(Nc3ccccn3)c2)cc1CS(=O)(=O)c1ccc(F)cc1F.